The van der Waals surface area contributed by atoms with Gasteiger partial charge >= 0.3 is 5.97 Å². The minimum atomic E-state index is -0.850. The number of anilines is 1. The summed E-state index contributed by atoms with van der Waals surface area (Å²) in [6.07, 6.45) is 0.501. The highest BCUT2D eigenvalue weighted by Gasteiger charge is 2.31. The lowest BCUT2D eigenvalue weighted by Gasteiger charge is -2.17. The molecular weight excluding hydrogens is 300 g/mol. The average molecular weight is 313 g/mol. The van der Waals surface area contributed by atoms with E-state index in [2.05, 4.69) is 15.9 Å². The molecule has 1 unspecified atom stereocenters. The zero-order valence-electron chi connectivity index (χ0n) is 9.60. The maximum Gasteiger partial charge on any atom is 0.308 e. The minimum absolute atomic E-state index is 0.182. The van der Waals surface area contributed by atoms with Gasteiger partial charge in [-0.05, 0) is 40.5 Å². The van der Waals surface area contributed by atoms with E-state index in [9.17, 15) is 9.59 Å². The number of carbonyl (C=O) groups is 2. The molecule has 96 valence electrons. The van der Waals surface area contributed by atoms with Crippen LogP contribution in [-0.2, 0) is 4.79 Å². The molecule has 1 saturated heterocycles. The van der Waals surface area contributed by atoms with Gasteiger partial charge in [0.2, 0.25) is 0 Å². The number of halogens is 1. The van der Waals surface area contributed by atoms with E-state index in [1.165, 1.54) is 0 Å². The Bertz CT molecular complexity index is 504. The molecule has 0 spiro atoms. The minimum Gasteiger partial charge on any atom is -0.481 e. The molecule has 0 aromatic heterocycles. The van der Waals surface area contributed by atoms with Crippen LogP contribution in [0.2, 0.25) is 0 Å². The van der Waals surface area contributed by atoms with Gasteiger partial charge in [0.15, 0.2) is 0 Å². The summed E-state index contributed by atoms with van der Waals surface area (Å²) in [5.74, 6) is -1.50. The molecule has 3 N–H and O–H groups in total. The van der Waals surface area contributed by atoms with Gasteiger partial charge in [0, 0.05) is 23.2 Å². The number of carbonyl (C=O) groups excluding carboxylic acids is 1. The number of hydrogen-bond donors (Lipinski definition) is 2. The first-order valence-corrected chi connectivity index (χ1v) is 6.35. The zero-order valence-corrected chi connectivity index (χ0v) is 11.2. The molecule has 1 fully saturated rings. The van der Waals surface area contributed by atoms with Crippen molar-refractivity contribution in [2.75, 3.05) is 18.8 Å². The topological polar surface area (TPSA) is 83.6 Å². The Labute approximate surface area is 113 Å². The van der Waals surface area contributed by atoms with Crippen molar-refractivity contribution in [3.8, 4) is 0 Å². The number of likely N-dealkylation sites (tertiary alicyclic amines) is 1. The number of nitrogen functional groups attached to an aromatic ring is 1. The van der Waals surface area contributed by atoms with Gasteiger partial charge in [0.25, 0.3) is 5.91 Å². The van der Waals surface area contributed by atoms with Crippen LogP contribution in [0.3, 0.4) is 0 Å². The van der Waals surface area contributed by atoms with Crippen molar-refractivity contribution >= 4 is 33.5 Å². The van der Waals surface area contributed by atoms with Gasteiger partial charge in [-0.25, -0.2) is 0 Å². The summed E-state index contributed by atoms with van der Waals surface area (Å²) in [5, 5.41) is 8.91. The molecule has 0 radical (unpaired) electrons. The Morgan fingerprint density at radius 2 is 2.17 bits per heavy atom. The lowest BCUT2D eigenvalue weighted by atomic mass is 10.1. The van der Waals surface area contributed by atoms with Crippen molar-refractivity contribution in [3.05, 3.63) is 28.2 Å². The lowest BCUT2D eigenvalue weighted by molar-refractivity contribution is -0.141. The van der Waals surface area contributed by atoms with Crippen LogP contribution >= 0.6 is 15.9 Å². The summed E-state index contributed by atoms with van der Waals surface area (Å²) in [4.78, 5) is 24.6. The Morgan fingerprint density at radius 3 is 2.78 bits per heavy atom. The van der Waals surface area contributed by atoms with E-state index in [4.69, 9.17) is 10.8 Å². The summed E-state index contributed by atoms with van der Waals surface area (Å²) in [6.45, 7) is 0.729. The number of carboxylic acids is 1. The number of carboxylic acid groups (broad SMARTS) is 1. The Balaban J connectivity index is 2.17. The third-order valence-electron chi connectivity index (χ3n) is 3.05. The monoisotopic (exact) mass is 312 g/mol. The second-order valence-electron chi connectivity index (χ2n) is 4.31. The molecule has 1 atom stereocenters. The normalized spacial score (nSPS) is 18.9. The van der Waals surface area contributed by atoms with E-state index in [-0.39, 0.29) is 12.5 Å². The number of aliphatic carboxylic acids is 1. The first-order valence-electron chi connectivity index (χ1n) is 5.56. The van der Waals surface area contributed by atoms with Crippen LogP contribution in [0.15, 0.2) is 22.7 Å². The molecule has 6 heteroatoms. The molecule has 18 heavy (non-hydrogen) atoms. The van der Waals surface area contributed by atoms with Gasteiger partial charge in [-0.3, -0.25) is 9.59 Å². The molecule has 2 rings (SSSR count). The van der Waals surface area contributed by atoms with E-state index in [1.54, 1.807) is 23.1 Å². The second kappa shape index (κ2) is 4.97. The predicted molar refractivity (Wildman–Crippen MR) is 70.2 cm³/mol. The van der Waals surface area contributed by atoms with Crippen LogP contribution < -0.4 is 5.73 Å². The highest BCUT2D eigenvalue weighted by molar-refractivity contribution is 9.10. The number of nitrogens with zero attached hydrogens (tertiary/aromatic N) is 1. The summed E-state index contributed by atoms with van der Waals surface area (Å²) in [7, 11) is 0. The first kappa shape index (κ1) is 12.9. The maximum atomic E-state index is 12.2. The summed E-state index contributed by atoms with van der Waals surface area (Å²) in [6, 6.07) is 5.01. The second-order valence-corrected chi connectivity index (χ2v) is 5.17. The quantitative estimate of drug-likeness (QED) is 0.812. The third kappa shape index (κ3) is 2.48. The van der Waals surface area contributed by atoms with E-state index < -0.39 is 11.9 Å². The zero-order chi connectivity index (χ0) is 13.3. The van der Waals surface area contributed by atoms with Crippen molar-refractivity contribution < 1.29 is 14.7 Å². The van der Waals surface area contributed by atoms with E-state index in [0.717, 1.165) is 0 Å². The van der Waals surface area contributed by atoms with Crippen LogP contribution in [0.1, 0.15) is 16.8 Å². The molecular formula is C12H13BrN2O3. The van der Waals surface area contributed by atoms with Crippen LogP contribution in [0.4, 0.5) is 5.69 Å². The average Bonchev–Trinajstić information content (AvgIpc) is 2.81. The molecule has 1 aliphatic heterocycles. The summed E-state index contributed by atoms with van der Waals surface area (Å²) < 4.78 is 0.667. The van der Waals surface area contributed by atoms with Crippen molar-refractivity contribution in [1.82, 2.24) is 4.90 Å². The number of rotatable bonds is 2. The van der Waals surface area contributed by atoms with Crippen molar-refractivity contribution in [2.24, 2.45) is 5.92 Å². The van der Waals surface area contributed by atoms with Crippen LogP contribution in [0.25, 0.3) is 0 Å². The summed E-state index contributed by atoms with van der Waals surface area (Å²) in [5.41, 5.74) is 6.64. The highest BCUT2D eigenvalue weighted by Crippen LogP contribution is 2.24. The molecule has 1 aromatic carbocycles. The highest BCUT2D eigenvalue weighted by atomic mass is 79.9. The molecule has 1 aliphatic rings. The number of hydrogen-bond acceptors (Lipinski definition) is 3. The fraction of sp³-hybridized carbons (Fsp3) is 0.333. The van der Waals surface area contributed by atoms with Crippen molar-refractivity contribution in [3.63, 3.8) is 0 Å². The largest absolute Gasteiger partial charge is 0.481 e. The number of benzene rings is 1. The first-order chi connectivity index (χ1) is 8.49. The molecule has 1 amide bonds. The van der Waals surface area contributed by atoms with Gasteiger partial charge in [0.1, 0.15) is 0 Å². The van der Waals surface area contributed by atoms with E-state index >= 15 is 0 Å². The fourth-order valence-corrected chi connectivity index (χ4v) is 2.44. The van der Waals surface area contributed by atoms with Gasteiger partial charge in [0.05, 0.1) is 11.5 Å². The van der Waals surface area contributed by atoms with Crippen LogP contribution in [-0.4, -0.2) is 35.0 Å². The third-order valence-corrected chi connectivity index (χ3v) is 3.74. The SMILES string of the molecule is Nc1ccc(Br)c(C(=O)N2CCC(C(=O)O)C2)c1. The molecule has 1 heterocycles. The standard InChI is InChI=1S/C12H13BrN2O3/c13-10-2-1-8(14)5-9(10)11(16)15-4-3-7(6-15)12(17)18/h1-2,5,7H,3-4,6,14H2,(H,17,18). The number of nitrogens with two attached hydrogens (primary N) is 1. The Kier molecular flexibility index (Phi) is 3.56. The lowest BCUT2D eigenvalue weighted by Crippen LogP contribution is -2.30. The van der Waals surface area contributed by atoms with Crippen LogP contribution in [0, 0.1) is 5.92 Å². The van der Waals surface area contributed by atoms with Gasteiger partial charge in [-0.15, -0.1) is 0 Å². The van der Waals surface area contributed by atoms with Gasteiger partial charge in [-0.1, -0.05) is 0 Å². The van der Waals surface area contributed by atoms with Crippen molar-refractivity contribution in [2.45, 2.75) is 6.42 Å². The maximum absolute atomic E-state index is 12.2. The van der Waals surface area contributed by atoms with Gasteiger partial charge < -0.3 is 15.7 Å². The number of amides is 1. The molecule has 5 nitrogen and oxygen atoms in total. The van der Waals surface area contributed by atoms with Crippen LogP contribution in [0.5, 0.6) is 0 Å². The fourth-order valence-electron chi connectivity index (χ4n) is 2.02. The molecule has 1 aromatic rings. The van der Waals surface area contributed by atoms with Crippen molar-refractivity contribution in [1.29, 1.82) is 0 Å². The Hall–Kier alpha value is -1.56. The Morgan fingerprint density at radius 1 is 1.44 bits per heavy atom. The van der Waals surface area contributed by atoms with E-state index in [1.807, 2.05) is 0 Å². The molecule has 0 saturated carbocycles. The smallest absolute Gasteiger partial charge is 0.308 e. The van der Waals surface area contributed by atoms with E-state index in [0.29, 0.717) is 28.7 Å². The molecule has 0 bridgehead atoms. The summed E-state index contributed by atoms with van der Waals surface area (Å²) >= 11 is 3.30. The van der Waals surface area contributed by atoms with Gasteiger partial charge in [-0.2, -0.15) is 0 Å². The predicted octanol–water partition coefficient (Wildman–Crippen LogP) is 1.58. The molecule has 0 aliphatic carbocycles.